The lowest BCUT2D eigenvalue weighted by Gasteiger charge is -2.19. The highest BCUT2D eigenvalue weighted by Gasteiger charge is 2.13. The zero-order valence-corrected chi connectivity index (χ0v) is 11.9. The summed E-state index contributed by atoms with van der Waals surface area (Å²) in [4.78, 5) is 12.5. The highest BCUT2D eigenvalue weighted by atomic mass is 16.5. The second-order valence-corrected chi connectivity index (χ2v) is 4.47. The van der Waals surface area contributed by atoms with E-state index in [-0.39, 0.29) is 6.42 Å². The van der Waals surface area contributed by atoms with Crippen LogP contribution < -0.4 is 9.47 Å². The van der Waals surface area contributed by atoms with Gasteiger partial charge in [0.05, 0.1) is 20.6 Å². The fourth-order valence-corrected chi connectivity index (χ4v) is 2.02. The van der Waals surface area contributed by atoms with Gasteiger partial charge in [-0.05, 0) is 20.0 Å². The average Bonchev–Trinajstić information content (AvgIpc) is 2.37. The molecule has 0 fully saturated rings. The molecule has 19 heavy (non-hydrogen) atoms. The molecular weight excluding hydrogens is 246 g/mol. The second kappa shape index (κ2) is 6.99. The van der Waals surface area contributed by atoms with Crippen LogP contribution in [0.2, 0.25) is 0 Å². The number of ether oxygens (including phenoxy) is 2. The quantitative estimate of drug-likeness (QED) is 0.818. The van der Waals surface area contributed by atoms with Gasteiger partial charge in [-0.2, -0.15) is 0 Å². The SMILES string of the molecule is COc1ccc(CN(C)CCC(=O)O)c(OC)c1C. The zero-order valence-electron chi connectivity index (χ0n) is 11.9. The minimum absolute atomic E-state index is 0.133. The molecular formula is C14H21NO4. The highest BCUT2D eigenvalue weighted by Crippen LogP contribution is 2.31. The number of methoxy groups -OCH3 is 2. The van der Waals surface area contributed by atoms with E-state index in [1.54, 1.807) is 14.2 Å². The lowest BCUT2D eigenvalue weighted by Crippen LogP contribution is -2.21. The van der Waals surface area contributed by atoms with Crippen molar-refractivity contribution in [1.82, 2.24) is 4.90 Å². The standard InChI is InChI=1S/C14H21NO4/c1-10-12(18-3)6-5-11(14(10)19-4)9-15(2)8-7-13(16)17/h5-6H,7-9H2,1-4H3,(H,16,17). The topological polar surface area (TPSA) is 59.0 Å². The largest absolute Gasteiger partial charge is 0.496 e. The Balaban J connectivity index is 2.83. The zero-order chi connectivity index (χ0) is 14.4. The van der Waals surface area contributed by atoms with Gasteiger partial charge in [0.15, 0.2) is 0 Å². The molecule has 0 saturated heterocycles. The van der Waals surface area contributed by atoms with E-state index >= 15 is 0 Å². The molecule has 0 amide bonds. The summed E-state index contributed by atoms with van der Waals surface area (Å²) in [7, 11) is 5.14. The van der Waals surface area contributed by atoms with Crippen LogP contribution in [-0.4, -0.2) is 43.8 Å². The summed E-state index contributed by atoms with van der Waals surface area (Å²) in [6.07, 6.45) is 0.133. The van der Waals surface area contributed by atoms with Gasteiger partial charge in [0, 0.05) is 24.2 Å². The fourth-order valence-electron chi connectivity index (χ4n) is 2.02. The van der Waals surface area contributed by atoms with Crippen LogP contribution in [0, 0.1) is 6.92 Å². The van der Waals surface area contributed by atoms with Gasteiger partial charge in [0.1, 0.15) is 11.5 Å². The fraction of sp³-hybridized carbons (Fsp3) is 0.500. The molecule has 0 aliphatic heterocycles. The van der Waals surface area contributed by atoms with E-state index in [2.05, 4.69) is 0 Å². The number of nitrogens with zero attached hydrogens (tertiary/aromatic N) is 1. The molecule has 0 saturated carbocycles. The van der Waals surface area contributed by atoms with Crippen molar-refractivity contribution in [2.24, 2.45) is 0 Å². The molecule has 0 unspecified atom stereocenters. The first kappa shape index (κ1) is 15.3. The van der Waals surface area contributed by atoms with E-state index in [4.69, 9.17) is 14.6 Å². The Bertz CT molecular complexity index is 445. The van der Waals surface area contributed by atoms with Crippen molar-refractivity contribution in [1.29, 1.82) is 0 Å². The predicted molar refractivity (Wildman–Crippen MR) is 72.9 cm³/mol. The molecule has 0 aromatic heterocycles. The molecule has 0 heterocycles. The first-order valence-electron chi connectivity index (χ1n) is 6.10. The van der Waals surface area contributed by atoms with Crippen molar-refractivity contribution in [3.63, 3.8) is 0 Å². The predicted octanol–water partition coefficient (Wildman–Crippen LogP) is 1.92. The first-order valence-corrected chi connectivity index (χ1v) is 6.10. The Morgan fingerprint density at radius 3 is 2.53 bits per heavy atom. The van der Waals surface area contributed by atoms with Crippen LogP contribution in [0.25, 0.3) is 0 Å². The molecule has 1 rings (SSSR count). The van der Waals surface area contributed by atoms with Crippen LogP contribution in [-0.2, 0) is 11.3 Å². The smallest absolute Gasteiger partial charge is 0.304 e. The van der Waals surface area contributed by atoms with Gasteiger partial charge in [-0.25, -0.2) is 0 Å². The summed E-state index contributed by atoms with van der Waals surface area (Å²) in [5.74, 6) is 0.792. The molecule has 5 heteroatoms. The lowest BCUT2D eigenvalue weighted by atomic mass is 10.1. The normalized spacial score (nSPS) is 10.6. The molecule has 1 N–H and O–H groups in total. The molecule has 0 atom stereocenters. The Morgan fingerprint density at radius 1 is 1.32 bits per heavy atom. The minimum Gasteiger partial charge on any atom is -0.496 e. The number of hydrogen-bond donors (Lipinski definition) is 1. The van der Waals surface area contributed by atoms with Crippen molar-refractivity contribution < 1.29 is 19.4 Å². The van der Waals surface area contributed by atoms with E-state index in [0.29, 0.717) is 13.1 Å². The number of aliphatic carboxylic acids is 1. The van der Waals surface area contributed by atoms with Gasteiger partial charge in [-0.15, -0.1) is 0 Å². The third-order valence-corrected chi connectivity index (χ3v) is 3.01. The number of benzene rings is 1. The second-order valence-electron chi connectivity index (χ2n) is 4.47. The van der Waals surface area contributed by atoms with Crippen LogP contribution in [0.15, 0.2) is 12.1 Å². The van der Waals surface area contributed by atoms with Gasteiger partial charge in [0.25, 0.3) is 0 Å². The summed E-state index contributed by atoms with van der Waals surface area (Å²) in [5.41, 5.74) is 1.97. The summed E-state index contributed by atoms with van der Waals surface area (Å²) < 4.78 is 10.7. The maximum absolute atomic E-state index is 10.5. The molecule has 0 spiro atoms. The van der Waals surface area contributed by atoms with E-state index in [1.165, 1.54) is 0 Å². The maximum Gasteiger partial charge on any atom is 0.304 e. The molecule has 5 nitrogen and oxygen atoms in total. The Labute approximate surface area is 113 Å². The van der Waals surface area contributed by atoms with Crippen LogP contribution >= 0.6 is 0 Å². The third kappa shape index (κ3) is 4.13. The molecule has 1 aromatic rings. The summed E-state index contributed by atoms with van der Waals surface area (Å²) >= 11 is 0. The van der Waals surface area contributed by atoms with Crippen molar-refractivity contribution in [3.05, 3.63) is 23.3 Å². The number of carbonyl (C=O) groups is 1. The van der Waals surface area contributed by atoms with Crippen molar-refractivity contribution >= 4 is 5.97 Å². The Morgan fingerprint density at radius 2 is 2.00 bits per heavy atom. The molecule has 106 valence electrons. The van der Waals surface area contributed by atoms with Crippen LogP contribution in [0.4, 0.5) is 0 Å². The van der Waals surface area contributed by atoms with Crippen LogP contribution in [0.5, 0.6) is 11.5 Å². The number of rotatable bonds is 7. The maximum atomic E-state index is 10.5. The summed E-state index contributed by atoms with van der Waals surface area (Å²) in [5, 5.41) is 8.67. The van der Waals surface area contributed by atoms with Crippen molar-refractivity contribution in [3.8, 4) is 11.5 Å². The first-order chi connectivity index (χ1) is 8.99. The molecule has 0 bridgehead atoms. The van der Waals surface area contributed by atoms with Crippen LogP contribution in [0.1, 0.15) is 17.5 Å². The van der Waals surface area contributed by atoms with Gasteiger partial charge < -0.3 is 19.5 Å². The molecule has 0 aliphatic rings. The van der Waals surface area contributed by atoms with Gasteiger partial charge in [-0.1, -0.05) is 6.07 Å². The third-order valence-electron chi connectivity index (χ3n) is 3.01. The van der Waals surface area contributed by atoms with E-state index < -0.39 is 5.97 Å². The monoisotopic (exact) mass is 267 g/mol. The number of carboxylic acid groups (broad SMARTS) is 1. The minimum atomic E-state index is -0.787. The van der Waals surface area contributed by atoms with Crippen molar-refractivity contribution in [2.75, 3.05) is 27.8 Å². The van der Waals surface area contributed by atoms with E-state index in [0.717, 1.165) is 22.6 Å². The number of hydrogen-bond acceptors (Lipinski definition) is 4. The van der Waals surface area contributed by atoms with Crippen LogP contribution in [0.3, 0.4) is 0 Å². The van der Waals surface area contributed by atoms with E-state index in [9.17, 15) is 4.79 Å². The Hall–Kier alpha value is -1.75. The van der Waals surface area contributed by atoms with E-state index in [1.807, 2.05) is 31.0 Å². The van der Waals surface area contributed by atoms with Gasteiger partial charge in [-0.3, -0.25) is 4.79 Å². The highest BCUT2D eigenvalue weighted by molar-refractivity contribution is 5.66. The van der Waals surface area contributed by atoms with Gasteiger partial charge in [0.2, 0.25) is 0 Å². The molecule has 0 radical (unpaired) electrons. The van der Waals surface area contributed by atoms with Gasteiger partial charge >= 0.3 is 5.97 Å². The average molecular weight is 267 g/mol. The molecule has 0 aliphatic carbocycles. The Kier molecular flexibility index (Phi) is 5.63. The summed E-state index contributed by atoms with van der Waals surface area (Å²) in [6, 6.07) is 3.85. The number of carboxylic acids is 1. The summed E-state index contributed by atoms with van der Waals surface area (Å²) in [6.45, 7) is 3.09. The van der Waals surface area contributed by atoms with Crippen molar-refractivity contribution in [2.45, 2.75) is 19.9 Å². The molecule has 1 aromatic carbocycles. The lowest BCUT2D eigenvalue weighted by molar-refractivity contribution is -0.137.